The maximum atomic E-state index is 11.1. The molecule has 19 heavy (non-hydrogen) atoms. The van der Waals surface area contributed by atoms with Crippen LogP contribution in [0.1, 0.15) is 29.3 Å². The number of aliphatic hydroxyl groups is 1. The molecule has 1 aliphatic heterocycles. The number of carboxylic acid groups (broad SMARTS) is 1. The fourth-order valence-electron chi connectivity index (χ4n) is 2.24. The van der Waals surface area contributed by atoms with Crippen molar-refractivity contribution < 1.29 is 19.7 Å². The molecule has 2 rings (SSSR count). The van der Waals surface area contributed by atoms with Gasteiger partial charge in [-0.05, 0) is 31.5 Å². The molecule has 2 atom stereocenters. The molecule has 0 bridgehead atoms. The summed E-state index contributed by atoms with van der Waals surface area (Å²) < 4.78 is 5.35. The second-order valence-electron chi connectivity index (χ2n) is 5.07. The third-order valence-corrected chi connectivity index (χ3v) is 3.65. The van der Waals surface area contributed by atoms with E-state index in [0.29, 0.717) is 18.7 Å². The van der Waals surface area contributed by atoms with Crippen LogP contribution in [0.3, 0.4) is 0 Å². The maximum absolute atomic E-state index is 11.1. The van der Waals surface area contributed by atoms with Gasteiger partial charge in [-0.25, -0.2) is 4.79 Å². The summed E-state index contributed by atoms with van der Waals surface area (Å²) in [4.78, 5) is 11.1. The fourth-order valence-corrected chi connectivity index (χ4v) is 2.24. The zero-order valence-corrected chi connectivity index (χ0v) is 11.1. The number of carbonyl (C=O) groups is 1. The molecule has 0 aliphatic carbocycles. The maximum Gasteiger partial charge on any atom is 0.337 e. The molecule has 104 valence electrons. The third kappa shape index (κ3) is 2.88. The van der Waals surface area contributed by atoms with Crippen LogP contribution < -0.4 is 5.32 Å². The monoisotopic (exact) mass is 265 g/mol. The third-order valence-electron chi connectivity index (χ3n) is 3.65. The number of carboxylic acids is 1. The highest BCUT2D eigenvalue weighted by Gasteiger charge is 2.39. The van der Waals surface area contributed by atoms with Gasteiger partial charge in [0.15, 0.2) is 0 Å². The average molecular weight is 265 g/mol. The van der Waals surface area contributed by atoms with Crippen molar-refractivity contribution in [1.29, 1.82) is 0 Å². The van der Waals surface area contributed by atoms with E-state index in [4.69, 9.17) is 9.84 Å². The van der Waals surface area contributed by atoms with E-state index in [1.54, 1.807) is 18.2 Å². The molecule has 1 aromatic rings. The van der Waals surface area contributed by atoms with Gasteiger partial charge in [0.2, 0.25) is 0 Å². The first-order valence-electron chi connectivity index (χ1n) is 6.34. The summed E-state index contributed by atoms with van der Waals surface area (Å²) >= 11 is 0. The van der Waals surface area contributed by atoms with Gasteiger partial charge in [-0.15, -0.1) is 0 Å². The molecule has 5 heteroatoms. The van der Waals surface area contributed by atoms with Gasteiger partial charge in [0, 0.05) is 25.3 Å². The van der Waals surface area contributed by atoms with Crippen molar-refractivity contribution in [3.63, 3.8) is 0 Å². The van der Waals surface area contributed by atoms with Gasteiger partial charge in [0.1, 0.15) is 5.60 Å². The summed E-state index contributed by atoms with van der Waals surface area (Å²) in [5, 5.41) is 22.6. The van der Waals surface area contributed by atoms with Crippen LogP contribution in [-0.4, -0.2) is 41.0 Å². The van der Waals surface area contributed by atoms with Crippen molar-refractivity contribution in [2.45, 2.75) is 32.0 Å². The number of hydrogen-bond acceptors (Lipinski definition) is 4. The number of aryl methyl sites for hydroxylation is 1. The molecule has 1 aliphatic rings. The van der Waals surface area contributed by atoms with Crippen molar-refractivity contribution in [2.75, 3.05) is 18.5 Å². The molecule has 2 unspecified atom stereocenters. The molecule has 0 amide bonds. The number of anilines is 1. The van der Waals surface area contributed by atoms with Crippen molar-refractivity contribution in [3.05, 3.63) is 29.3 Å². The van der Waals surface area contributed by atoms with E-state index in [-0.39, 0.29) is 18.2 Å². The minimum atomic E-state index is -0.981. The minimum Gasteiger partial charge on any atom is -0.478 e. The average Bonchev–Trinajstić information content (AvgIpc) is 2.67. The Morgan fingerprint density at radius 2 is 2.32 bits per heavy atom. The number of nitrogens with one attached hydrogen (secondary N) is 1. The van der Waals surface area contributed by atoms with E-state index in [9.17, 15) is 9.90 Å². The SMILES string of the molecule is Cc1ccc(C(=O)O)c(NCC2(O)CCOC2C)c1. The lowest BCUT2D eigenvalue weighted by atomic mass is 9.96. The van der Waals surface area contributed by atoms with Crippen LogP contribution in [0.25, 0.3) is 0 Å². The zero-order chi connectivity index (χ0) is 14.0. The van der Waals surface area contributed by atoms with Gasteiger partial charge in [-0.1, -0.05) is 6.07 Å². The standard InChI is InChI=1S/C14H19NO4/c1-9-3-4-11(13(16)17)12(7-9)15-8-14(18)5-6-19-10(14)2/h3-4,7,10,15,18H,5-6,8H2,1-2H3,(H,16,17). The molecule has 3 N–H and O–H groups in total. The predicted molar refractivity (Wildman–Crippen MR) is 71.6 cm³/mol. The lowest BCUT2D eigenvalue weighted by Gasteiger charge is -2.27. The van der Waals surface area contributed by atoms with Crippen molar-refractivity contribution in [1.82, 2.24) is 0 Å². The number of hydrogen-bond donors (Lipinski definition) is 3. The van der Waals surface area contributed by atoms with E-state index in [0.717, 1.165) is 5.56 Å². The zero-order valence-electron chi connectivity index (χ0n) is 11.1. The molecule has 5 nitrogen and oxygen atoms in total. The summed E-state index contributed by atoms with van der Waals surface area (Å²) in [5.74, 6) is -0.981. The van der Waals surface area contributed by atoms with E-state index >= 15 is 0 Å². The van der Waals surface area contributed by atoms with Crippen LogP contribution in [0.2, 0.25) is 0 Å². The molecule has 0 aromatic heterocycles. The van der Waals surface area contributed by atoms with Gasteiger partial charge >= 0.3 is 5.97 Å². The quantitative estimate of drug-likeness (QED) is 0.771. The molecule has 1 fully saturated rings. The van der Waals surface area contributed by atoms with E-state index in [1.165, 1.54) is 0 Å². The topological polar surface area (TPSA) is 78.8 Å². The van der Waals surface area contributed by atoms with Crippen LogP contribution in [0.5, 0.6) is 0 Å². The minimum absolute atomic E-state index is 0.209. The number of ether oxygens (including phenoxy) is 1. The summed E-state index contributed by atoms with van der Waals surface area (Å²) in [6, 6.07) is 5.09. The van der Waals surface area contributed by atoms with Gasteiger partial charge in [-0.2, -0.15) is 0 Å². The molecule has 1 saturated heterocycles. The fraction of sp³-hybridized carbons (Fsp3) is 0.500. The van der Waals surface area contributed by atoms with E-state index in [2.05, 4.69) is 5.32 Å². The normalized spacial score (nSPS) is 26.4. The Morgan fingerprint density at radius 1 is 1.58 bits per heavy atom. The smallest absolute Gasteiger partial charge is 0.337 e. The van der Waals surface area contributed by atoms with Crippen LogP contribution in [0.15, 0.2) is 18.2 Å². The Morgan fingerprint density at radius 3 is 2.89 bits per heavy atom. The Kier molecular flexibility index (Phi) is 3.78. The van der Waals surface area contributed by atoms with E-state index < -0.39 is 11.6 Å². The summed E-state index contributed by atoms with van der Waals surface area (Å²) in [6.07, 6.45) is 0.299. The second kappa shape index (κ2) is 5.19. The number of aromatic carboxylic acids is 1. The second-order valence-corrected chi connectivity index (χ2v) is 5.07. The number of benzene rings is 1. The summed E-state index contributed by atoms with van der Waals surface area (Å²) in [5.41, 5.74) is 0.760. The van der Waals surface area contributed by atoms with Crippen LogP contribution in [0.4, 0.5) is 5.69 Å². The Bertz CT molecular complexity index is 488. The molecule has 1 heterocycles. The molecular formula is C14H19NO4. The van der Waals surface area contributed by atoms with Gasteiger partial charge in [0.05, 0.1) is 11.7 Å². The largest absolute Gasteiger partial charge is 0.478 e. The molecule has 0 saturated carbocycles. The first-order valence-corrected chi connectivity index (χ1v) is 6.34. The Labute approximate surface area is 112 Å². The lowest BCUT2D eigenvalue weighted by molar-refractivity contribution is -0.0176. The van der Waals surface area contributed by atoms with Gasteiger partial charge in [-0.3, -0.25) is 0 Å². The van der Waals surface area contributed by atoms with Crippen molar-refractivity contribution in [2.24, 2.45) is 0 Å². The van der Waals surface area contributed by atoms with Crippen molar-refractivity contribution in [3.8, 4) is 0 Å². The first kappa shape index (κ1) is 13.8. The Balaban J connectivity index is 2.15. The first-order chi connectivity index (χ1) is 8.92. The van der Waals surface area contributed by atoms with Gasteiger partial charge in [0.25, 0.3) is 0 Å². The van der Waals surface area contributed by atoms with Crippen LogP contribution in [-0.2, 0) is 4.74 Å². The van der Waals surface area contributed by atoms with Crippen LogP contribution >= 0.6 is 0 Å². The van der Waals surface area contributed by atoms with Crippen molar-refractivity contribution >= 4 is 11.7 Å². The summed E-state index contributed by atoms with van der Waals surface area (Å²) in [7, 11) is 0. The molecular weight excluding hydrogens is 246 g/mol. The Hall–Kier alpha value is -1.59. The van der Waals surface area contributed by atoms with Crippen LogP contribution in [0, 0.1) is 6.92 Å². The van der Waals surface area contributed by atoms with Gasteiger partial charge < -0.3 is 20.3 Å². The highest BCUT2D eigenvalue weighted by Crippen LogP contribution is 2.27. The lowest BCUT2D eigenvalue weighted by Crippen LogP contribution is -2.43. The highest BCUT2D eigenvalue weighted by atomic mass is 16.5. The predicted octanol–water partition coefficient (Wildman–Crippen LogP) is 1.65. The number of rotatable bonds is 4. The summed E-state index contributed by atoms with van der Waals surface area (Å²) in [6.45, 7) is 4.52. The molecule has 1 aromatic carbocycles. The molecule has 0 spiro atoms. The highest BCUT2D eigenvalue weighted by molar-refractivity contribution is 5.94. The van der Waals surface area contributed by atoms with E-state index in [1.807, 2.05) is 13.8 Å². The molecule has 0 radical (unpaired) electrons.